The van der Waals surface area contributed by atoms with E-state index >= 15 is 0 Å². The molecule has 0 spiro atoms. The van der Waals surface area contributed by atoms with E-state index in [2.05, 4.69) is 5.10 Å². The first kappa shape index (κ1) is 13.3. The summed E-state index contributed by atoms with van der Waals surface area (Å²) in [4.78, 5) is 11.2. The minimum absolute atomic E-state index is 0.0993. The number of rotatable bonds is 6. The van der Waals surface area contributed by atoms with Crippen LogP contribution < -0.4 is 0 Å². The molecule has 0 unspecified atom stereocenters. The van der Waals surface area contributed by atoms with E-state index in [-0.39, 0.29) is 19.1 Å². The molecule has 0 amide bonds. The summed E-state index contributed by atoms with van der Waals surface area (Å²) in [5, 5.41) is 13.4. The average Bonchev–Trinajstić information content (AvgIpc) is 2.84. The zero-order chi connectivity index (χ0) is 13.7. The average molecular weight is 262 g/mol. The number of ether oxygens (including phenoxy) is 2. The second-order valence-electron chi connectivity index (χ2n) is 3.83. The number of hydrogen-bond donors (Lipinski definition) is 1. The van der Waals surface area contributed by atoms with Crippen LogP contribution in [0, 0.1) is 0 Å². The van der Waals surface area contributed by atoms with Gasteiger partial charge in [0.15, 0.2) is 5.69 Å². The fourth-order valence-corrected chi connectivity index (χ4v) is 1.65. The lowest BCUT2D eigenvalue weighted by Crippen LogP contribution is -2.07. The Morgan fingerprint density at radius 1 is 1.37 bits per heavy atom. The van der Waals surface area contributed by atoms with Gasteiger partial charge in [0.2, 0.25) is 0 Å². The number of carboxylic acids is 1. The van der Waals surface area contributed by atoms with Crippen LogP contribution in [-0.4, -0.2) is 34.8 Å². The number of aromatic carboxylic acids is 1. The molecule has 19 heavy (non-hydrogen) atoms. The van der Waals surface area contributed by atoms with Crippen molar-refractivity contribution in [1.29, 1.82) is 0 Å². The van der Waals surface area contributed by atoms with Gasteiger partial charge in [-0.1, -0.05) is 18.2 Å². The minimum Gasteiger partial charge on any atom is -0.477 e. The molecule has 0 fully saturated rings. The predicted octanol–water partition coefficient (Wildman–Crippen LogP) is 1.69. The number of carboxylic acid groups (broad SMARTS) is 1. The summed E-state index contributed by atoms with van der Waals surface area (Å²) in [5.74, 6) is -1.03. The van der Waals surface area contributed by atoms with Crippen LogP contribution in [0.2, 0.25) is 0 Å². The Morgan fingerprint density at radius 3 is 2.74 bits per heavy atom. The lowest BCUT2D eigenvalue weighted by molar-refractivity contribution is -0.0401. The predicted molar refractivity (Wildman–Crippen MR) is 67.2 cm³/mol. The molecule has 6 nitrogen and oxygen atoms in total. The summed E-state index contributed by atoms with van der Waals surface area (Å²) in [7, 11) is 1.52. The molecule has 0 bridgehead atoms. The molecule has 0 saturated heterocycles. The van der Waals surface area contributed by atoms with Gasteiger partial charge in [-0.15, -0.1) is 0 Å². The van der Waals surface area contributed by atoms with Crippen molar-refractivity contribution in [2.45, 2.75) is 6.61 Å². The lowest BCUT2D eigenvalue weighted by Gasteiger charge is -2.03. The monoisotopic (exact) mass is 262 g/mol. The van der Waals surface area contributed by atoms with Gasteiger partial charge in [0, 0.05) is 7.11 Å². The Balaban J connectivity index is 2.29. The van der Waals surface area contributed by atoms with Crippen molar-refractivity contribution in [3.8, 4) is 5.69 Å². The standard InChI is InChI=1S/C13H14N2O4/c1-18-9-19-8-10-7-12(13(16)17)15(14-10)11-5-3-2-4-6-11/h2-7H,8-9H2,1H3,(H,16,17). The lowest BCUT2D eigenvalue weighted by atomic mass is 10.3. The van der Waals surface area contributed by atoms with Crippen molar-refractivity contribution in [2.75, 3.05) is 13.9 Å². The van der Waals surface area contributed by atoms with Crippen LogP contribution in [0.25, 0.3) is 5.69 Å². The number of aromatic nitrogens is 2. The third kappa shape index (κ3) is 3.18. The van der Waals surface area contributed by atoms with Crippen molar-refractivity contribution >= 4 is 5.97 Å². The number of methoxy groups -OCH3 is 1. The van der Waals surface area contributed by atoms with Crippen LogP contribution in [0.1, 0.15) is 16.2 Å². The van der Waals surface area contributed by atoms with Crippen molar-refractivity contribution in [3.05, 3.63) is 47.8 Å². The molecular weight excluding hydrogens is 248 g/mol. The minimum atomic E-state index is -1.03. The first-order chi connectivity index (χ1) is 9.22. The van der Waals surface area contributed by atoms with Crippen molar-refractivity contribution in [2.24, 2.45) is 0 Å². The van der Waals surface area contributed by atoms with E-state index in [4.69, 9.17) is 9.47 Å². The Bertz CT molecular complexity index is 551. The van der Waals surface area contributed by atoms with E-state index in [1.54, 1.807) is 12.1 Å². The van der Waals surface area contributed by atoms with Crippen LogP contribution in [0.5, 0.6) is 0 Å². The van der Waals surface area contributed by atoms with Gasteiger partial charge in [-0.25, -0.2) is 9.48 Å². The van der Waals surface area contributed by atoms with Gasteiger partial charge in [0.1, 0.15) is 6.79 Å². The Kier molecular flexibility index (Phi) is 4.27. The highest BCUT2D eigenvalue weighted by molar-refractivity contribution is 5.86. The Morgan fingerprint density at radius 2 is 2.11 bits per heavy atom. The maximum absolute atomic E-state index is 11.2. The summed E-state index contributed by atoms with van der Waals surface area (Å²) in [6.07, 6.45) is 0. The molecular formula is C13H14N2O4. The molecule has 2 rings (SSSR count). The summed E-state index contributed by atoms with van der Waals surface area (Å²) in [5.41, 5.74) is 1.33. The highest BCUT2D eigenvalue weighted by atomic mass is 16.7. The summed E-state index contributed by atoms with van der Waals surface area (Å²) < 4.78 is 11.3. The molecule has 0 aliphatic carbocycles. The second-order valence-corrected chi connectivity index (χ2v) is 3.83. The second kappa shape index (κ2) is 6.12. The molecule has 0 aliphatic rings. The van der Waals surface area contributed by atoms with Gasteiger partial charge in [-0.2, -0.15) is 5.10 Å². The fraction of sp³-hybridized carbons (Fsp3) is 0.231. The van der Waals surface area contributed by atoms with E-state index in [0.717, 1.165) is 0 Å². The van der Waals surface area contributed by atoms with E-state index in [9.17, 15) is 9.90 Å². The number of para-hydroxylation sites is 1. The Labute approximate surface area is 110 Å². The van der Waals surface area contributed by atoms with Crippen molar-refractivity contribution in [1.82, 2.24) is 9.78 Å². The van der Waals surface area contributed by atoms with Gasteiger partial charge in [0.25, 0.3) is 0 Å². The molecule has 1 N–H and O–H groups in total. The number of nitrogens with zero attached hydrogens (tertiary/aromatic N) is 2. The molecule has 1 heterocycles. The first-order valence-corrected chi connectivity index (χ1v) is 5.66. The van der Waals surface area contributed by atoms with E-state index in [1.165, 1.54) is 17.9 Å². The van der Waals surface area contributed by atoms with Crippen molar-refractivity contribution < 1.29 is 19.4 Å². The highest BCUT2D eigenvalue weighted by Crippen LogP contribution is 2.13. The normalized spacial score (nSPS) is 10.6. The molecule has 0 atom stereocenters. The van der Waals surface area contributed by atoms with Crippen LogP contribution in [0.4, 0.5) is 0 Å². The Hall–Kier alpha value is -2.18. The first-order valence-electron chi connectivity index (χ1n) is 5.66. The van der Waals surface area contributed by atoms with E-state index < -0.39 is 5.97 Å². The SMILES string of the molecule is COCOCc1cc(C(=O)O)n(-c2ccccc2)n1. The zero-order valence-corrected chi connectivity index (χ0v) is 10.4. The van der Waals surface area contributed by atoms with Crippen LogP contribution >= 0.6 is 0 Å². The van der Waals surface area contributed by atoms with Gasteiger partial charge in [-0.3, -0.25) is 0 Å². The molecule has 1 aromatic carbocycles. The van der Waals surface area contributed by atoms with Crippen LogP contribution in [0.3, 0.4) is 0 Å². The third-order valence-corrected chi connectivity index (χ3v) is 2.43. The quantitative estimate of drug-likeness (QED) is 0.633. The zero-order valence-electron chi connectivity index (χ0n) is 10.4. The topological polar surface area (TPSA) is 73.6 Å². The number of hydrogen-bond acceptors (Lipinski definition) is 4. The maximum Gasteiger partial charge on any atom is 0.354 e. The van der Waals surface area contributed by atoms with Crippen LogP contribution in [0.15, 0.2) is 36.4 Å². The smallest absolute Gasteiger partial charge is 0.354 e. The highest BCUT2D eigenvalue weighted by Gasteiger charge is 2.15. The molecule has 2 aromatic rings. The largest absolute Gasteiger partial charge is 0.477 e. The number of benzene rings is 1. The van der Waals surface area contributed by atoms with Gasteiger partial charge in [0.05, 0.1) is 18.0 Å². The summed E-state index contributed by atoms with van der Waals surface area (Å²) >= 11 is 0. The molecule has 1 aromatic heterocycles. The molecule has 0 radical (unpaired) electrons. The molecule has 6 heteroatoms. The maximum atomic E-state index is 11.2. The molecule has 0 aliphatic heterocycles. The summed E-state index contributed by atoms with van der Waals surface area (Å²) in [6, 6.07) is 10.6. The van der Waals surface area contributed by atoms with Gasteiger partial charge < -0.3 is 14.6 Å². The summed E-state index contributed by atoms with van der Waals surface area (Å²) in [6.45, 7) is 0.342. The fourth-order valence-electron chi connectivity index (χ4n) is 1.65. The van der Waals surface area contributed by atoms with Gasteiger partial charge in [-0.05, 0) is 18.2 Å². The van der Waals surface area contributed by atoms with Crippen molar-refractivity contribution in [3.63, 3.8) is 0 Å². The molecule has 100 valence electrons. The van der Waals surface area contributed by atoms with Gasteiger partial charge >= 0.3 is 5.97 Å². The molecule has 0 saturated carbocycles. The van der Waals surface area contributed by atoms with E-state index in [1.807, 2.05) is 18.2 Å². The van der Waals surface area contributed by atoms with Crippen LogP contribution in [-0.2, 0) is 16.1 Å². The third-order valence-electron chi connectivity index (χ3n) is 2.43. The van der Waals surface area contributed by atoms with E-state index in [0.29, 0.717) is 11.4 Å². The number of carbonyl (C=O) groups is 1.